The highest BCUT2D eigenvalue weighted by Gasteiger charge is 2.51. The van der Waals surface area contributed by atoms with Crippen LogP contribution in [0.4, 0.5) is 0 Å². The number of carbonyl (C=O) groups is 1. The molecule has 2 unspecified atom stereocenters. The van der Waals surface area contributed by atoms with Gasteiger partial charge in [-0.1, -0.05) is 54.1 Å². The van der Waals surface area contributed by atoms with E-state index in [-0.39, 0.29) is 5.41 Å². The Morgan fingerprint density at radius 2 is 2.03 bits per heavy atom. The van der Waals surface area contributed by atoms with Gasteiger partial charge in [0.05, 0.1) is 0 Å². The minimum absolute atomic E-state index is 0.172. The predicted octanol–water partition coefficient (Wildman–Crippen LogP) is 4.19. The van der Waals surface area contributed by atoms with Gasteiger partial charge in [0.25, 0.3) is 0 Å². The zero-order valence-electron chi connectivity index (χ0n) is 17.4. The second-order valence-electron chi connectivity index (χ2n) is 9.45. The van der Waals surface area contributed by atoms with Crippen LogP contribution in [0.3, 0.4) is 0 Å². The van der Waals surface area contributed by atoms with Crippen molar-refractivity contribution in [2.45, 2.75) is 56.4 Å². The lowest BCUT2D eigenvalue weighted by atomic mass is 9.61. The van der Waals surface area contributed by atoms with Gasteiger partial charge in [0.1, 0.15) is 0 Å². The van der Waals surface area contributed by atoms with Crippen molar-refractivity contribution in [2.75, 3.05) is 19.6 Å². The molecule has 2 aliphatic heterocycles. The predicted molar refractivity (Wildman–Crippen MR) is 117 cm³/mol. The molecule has 3 heteroatoms. The molecule has 1 aliphatic carbocycles. The molecule has 152 valence electrons. The van der Waals surface area contributed by atoms with Crippen LogP contribution in [-0.4, -0.2) is 37.0 Å². The molecule has 4 atom stereocenters. The maximum Gasteiger partial charge on any atom is 0.209 e. The molecule has 0 radical (unpaired) electrons. The highest BCUT2D eigenvalue weighted by molar-refractivity contribution is 5.49. The number of carbonyl (C=O) groups excluding carboxylic acids is 1. The van der Waals surface area contributed by atoms with E-state index in [4.69, 9.17) is 0 Å². The minimum atomic E-state index is 0.172. The Balaban J connectivity index is 1.51. The molecule has 3 nitrogen and oxygen atoms in total. The van der Waals surface area contributed by atoms with Crippen LogP contribution in [0, 0.1) is 12.8 Å². The van der Waals surface area contributed by atoms with Crippen molar-refractivity contribution in [3.05, 3.63) is 70.8 Å². The third-order valence-corrected chi connectivity index (χ3v) is 7.94. The lowest BCUT2D eigenvalue weighted by Gasteiger charge is -2.48. The van der Waals surface area contributed by atoms with E-state index in [1.807, 2.05) is 0 Å². The van der Waals surface area contributed by atoms with E-state index >= 15 is 0 Å². The van der Waals surface area contributed by atoms with Gasteiger partial charge in [0, 0.05) is 37.0 Å². The van der Waals surface area contributed by atoms with Gasteiger partial charge in [-0.05, 0) is 61.6 Å². The first-order chi connectivity index (χ1) is 14.2. The van der Waals surface area contributed by atoms with E-state index in [0.717, 1.165) is 38.9 Å². The molecule has 1 spiro atoms. The van der Waals surface area contributed by atoms with Gasteiger partial charge < -0.3 is 10.2 Å². The number of aryl methyl sites for hydroxylation is 2. The number of nitrogens with one attached hydrogen (secondary N) is 1. The molecule has 29 heavy (non-hydrogen) atoms. The van der Waals surface area contributed by atoms with Gasteiger partial charge in [-0.15, -0.1) is 0 Å². The quantitative estimate of drug-likeness (QED) is 0.800. The van der Waals surface area contributed by atoms with Crippen LogP contribution in [0.5, 0.6) is 0 Å². The van der Waals surface area contributed by atoms with Crippen LogP contribution in [0.15, 0.2) is 48.5 Å². The summed E-state index contributed by atoms with van der Waals surface area (Å²) in [5.41, 5.74) is 6.06. The third-order valence-electron chi connectivity index (χ3n) is 7.94. The van der Waals surface area contributed by atoms with E-state index in [1.165, 1.54) is 36.0 Å². The molecule has 0 saturated carbocycles. The molecule has 0 aromatic heterocycles. The summed E-state index contributed by atoms with van der Waals surface area (Å²) in [4.78, 5) is 14.2. The van der Waals surface area contributed by atoms with Gasteiger partial charge in [-0.25, -0.2) is 0 Å². The summed E-state index contributed by atoms with van der Waals surface area (Å²) in [6.07, 6.45) is 6.96. The molecule has 0 bridgehead atoms. The van der Waals surface area contributed by atoms with E-state index in [0.29, 0.717) is 17.9 Å². The number of likely N-dealkylation sites (tertiary alicyclic amines) is 1. The summed E-state index contributed by atoms with van der Waals surface area (Å²) in [5, 5.41) is 3.74. The Morgan fingerprint density at radius 3 is 2.86 bits per heavy atom. The second-order valence-corrected chi connectivity index (χ2v) is 9.45. The number of amides is 1. The maximum absolute atomic E-state index is 12.0. The Hall–Kier alpha value is -2.13. The summed E-state index contributed by atoms with van der Waals surface area (Å²) in [6.45, 7) is 5.14. The van der Waals surface area contributed by atoms with Crippen molar-refractivity contribution < 1.29 is 4.79 Å². The first kappa shape index (κ1) is 18.9. The summed E-state index contributed by atoms with van der Waals surface area (Å²) in [6, 6.07) is 18.3. The monoisotopic (exact) mass is 388 g/mol. The Labute approximate surface area is 174 Å². The summed E-state index contributed by atoms with van der Waals surface area (Å²) >= 11 is 0. The van der Waals surface area contributed by atoms with Gasteiger partial charge in [-0.2, -0.15) is 0 Å². The van der Waals surface area contributed by atoms with E-state index in [9.17, 15) is 4.79 Å². The van der Waals surface area contributed by atoms with Gasteiger partial charge in [0.15, 0.2) is 0 Å². The fourth-order valence-corrected chi connectivity index (χ4v) is 6.56. The number of fused-ring (bicyclic) bond motifs is 2. The van der Waals surface area contributed by atoms with Gasteiger partial charge in [-0.3, -0.25) is 4.79 Å². The average molecular weight is 389 g/mol. The number of benzene rings is 2. The van der Waals surface area contributed by atoms with Crippen molar-refractivity contribution in [1.29, 1.82) is 0 Å². The van der Waals surface area contributed by atoms with E-state index in [2.05, 4.69) is 65.7 Å². The number of piperidine rings is 1. The molecule has 2 aromatic carbocycles. The van der Waals surface area contributed by atoms with Crippen molar-refractivity contribution in [3.63, 3.8) is 0 Å². The fourth-order valence-electron chi connectivity index (χ4n) is 6.56. The molecular weight excluding hydrogens is 356 g/mol. The second kappa shape index (κ2) is 7.60. The van der Waals surface area contributed by atoms with Gasteiger partial charge >= 0.3 is 0 Å². The van der Waals surface area contributed by atoms with Crippen molar-refractivity contribution >= 4 is 6.41 Å². The zero-order chi connectivity index (χ0) is 19.8. The SMILES string of the molecule is Cc1ccc2c(c1)CCC[C@]21CNC[C@H]1C1CC(c2ccccc2)CCN1C=O. The highest BCUT2D eigenvalue weighted by atomic mass is 16.1. The van der Waals surface area contributed by atoms with Crippen molar-refractivity contribution in [3.8, 4) is 0 Å². The molecule has 5 rings (SSSR count). The van der Waals surface area contributed by atoms with Crippen LogP contribution in [-0.2, 0) is 16.6 Å². The van der Waals surface area contributed by atoms with Crippen LogP contribution < -0.4 is 5.32 Å². The van der Waals surface area contributed by atoms with Crippen LogP contribution >= 0.6 is 0 Å². The number of nitrogens with zero attached hydrogens (tertiary/aromatic N) is 1. The number of hydrogen-bond donors (Lipinski definition) is 1. The van der Waals surface area contributed by atoms with E-state index < -0.39 is 0 Å². The first-order valence-electron chi connectivity index (χ1n) is 11.3. The normalized spacial score (nSPS) is 31.6. The zero-order valence-corrected chi connectivity index (χ0v) is 17.4. The van der Waals surface area contributed by atoms with Crippen LogP contribution in [0.2, 0.25) is 0 Å². The van der Waals surface area contributed by atoms with E-state index in [1.54, 1.807) is 5.56 Å². The van der Waals surface area contributed by atoms with Crippen LogP contribution in [0.1, 0.15) is 53.9 Å². The van der Waals surface area contributed by atoms with Crippen LogP contribution in [0.25, 0.3) is 0 Å². The largest absolute Gasteiger partial charge is 0.342 e. The Bertz CT molecular complexity index is 880. The number of rotatable bonds is 3. The standard InChI is InChI=1S/C26H32N2O/c1-19-9-10-23-22(14-19)8-5-12-26(23)17-27-16-24(26)25-15-21(11-13-28(25)18-29)20-6-3-2-4-7-20/h2-4,6-7,9-10,14,18,21,24-25,27H,5,8,11-13,15-17H2,1H3/t21?,24-,25?,26-/m0/s1. The highest BCUT2D eigenvalue weighted by Crippen LogP contribution is 2.49. The molecule has 3 aliphatic rings. The van der Waals surface area contributed by atoms with Crippen molar-refractivity contribution in [2.24, 2.45) is 5.92 Å². The molecule has 2 fully saturated rings. The summed E-state index contributed by atoms with van der Waals surface area (Å²) < 4.78 is 0. The molecule has 1 N–H and O–H groups in total. The summed E-state index contributed by atoms with van der Waals surface area (Å²) in [5.74, 6) is 1.04. The third kappa shape index (κ3) is 3.20. The molecule has 1 amide bonds. The maximum atomic E-state index is 12.0. The minimum Gasteiger partial charge on any atom is -0.342 e. The molecular formula is C26H32N2O. The Morgan fingerprint density at radius 1 is 1.17 bits per heavy atom. The first-order valence-corrected chi connectivity index (χ1v) is 11.3. The van der Waals surface area contributed by atoms with Gasteiger partial charge in [0.2, 0.25) is 6.41 Å². The Kier molecular flexibility index (Phi) is 4.95. The molecule has 2 aromatic rings. The fraction of sp³-hybridized carbons (Fsp3) is 0.500. The molecule has 2 saturated heterocycles. The summed E-state index contributed by atoms with van der Waals surface area (Å²) in [7, 11) is 0. The smallest absolute Gasteiger partial charge is 0.209 e. The lowest BCUT2D eigenvalue weighted by molar-refractivity contribution is -0.123. The topological polar surface area (TPSA) is 32.3 Å². The molecule has 2 heterocycles. The average Bonchev–Trinajstić information content (AvgIpc) is 3.17. The lowest BCUT2D eigenvalue weighted by Crippen LogP contribution is -2.52. The van der Waals surface area contributed by atoms with Crippen molar-refractivity contribution in [1.82, 2.24) is 10.2 Å². The number of hydrogen-bond acceptors (Lipinski definition) is 2.